The molecule has 0 fully saturated rings. The van der Waals surface area contributed by atoms with Crippen LogP contribution in [0, 0.1) is 0 Å². The van der Waals surface area contributed by atoms with Crippen molar-refractivity contribution in [3.63, 3.8) is 0 Å². The molecule has 1 aromatic heterocycles. The molecule has 1 rings (SSSR count). The zero-order chi connectivity index (χ0) is 8.97. The Labute approximate surface area is 76.2 Å². The summed E-state index contributed by atoms with van der Waals surface area (Å²) in [7, 11) is 0. The van der Waals surface area contributed by atoms with E-state index in [1.165, 1.54) is 16.2 Å². The van der Waals surface area contributed by atoms with E-state index in [4.69, 9.17) is 4.74 Å². The highest BCUT2D eigenvalue weighted by Crippen LogP contribution is 2.17. The topological polar surface area (TPSA) is 26.3 Å². The lowest BCUT2D eigenvalue weighted by atomic mass is 10.4. The molecule has 0 unspecified atom stereocenters. The molecule has 0 aliphatic rings. The summed E-state index contributed by atoms with van der Waals surface area (Å²) in [6, 6.07) is 3.79. The molecule has 0 N–H and O–H groups in total. The van der Waals surface area contributed by atoms with E-state index < -0.39 is 0 Å². The molecule has 0 aliphatic heterocycles. The van der Waals surface area contributed by atoms with Gasteiger partial charge in [0.1, 0.15) is 4.88 Å². The number of carbonyl (C=O) groups is 1. The number of carbonyl (C=O) groups excluding carboxylic acids is 1. The molecule has 0 saturated carbocycles. The van der Waals surface area contributed by atoms with E-state index in [9.17, 15) is 4.79 Å². The Hall–Kier alpha value is -0.830. The number of thiophene rings is 1. The lowest BCUT2D eigenvalue weighted by Gasteiger charge is -1.96. The molecule has 1 aromatic rings. The van der Waals surface area contributed by atoms with Gasteiger partial charge < -0.3 is 4.74 Å². The van der Waals surface area contributed by atoms with Crippen molar-refractivity contribution in [3.05, 3.63) is 21.9 Å². The molecular formula is C9H12O2S. The number of hydrogen-bond acceptors (Lipinski definition) is 3. The van der Waals surface area contributed by atoms with Gasteiger partial charge in [-0.2, -0.15) is 0 Å². The molecule has 0 aromatic carbocycles. The van der Waals surface area contributed by atoms with Crippen LogP contribution >= 0.6 is 11.3 Å². The van der Waals surface area contributed by atoms with Crippen molar-refractivity contribution in [3.8, 4) is 0 Å². The van der Waals surface area contributed by atoms with E-state index in [0.717, 1.165) is 6.42 Å². The first-order valence-corrected chi connectivity index (χ1v) is 4.85. The van der Waals surface area contributed by atoms with Gasteiger partial charge in [-0.1, -0.05) is 6.92 Å². The number of rotatable bonds is 3. The lowest BCUT2D eigenvalue weighted by molar-refractivity contribution is 0.0532. The Balaban J connectivity index is 2.68. The van der Waals surface area contributed by atoms with Crippen LogP contribution in [0.25, 0.3) is 0 Å². The molecule has 0 aliphatic carbocycles. The Morgan fingerprint density at radius 3 is 2.75 bits per heavy atom. The second-order valence-corrected chi connectivity index (χ2v) is 3.51. The van der Waals surface area contributed by atoms with Gasteiger partial charge in [0.2, 0.25) is 0 Å². The summed E-state index contributed by atoms with van der Waals surface area (Å²) in [6.07, 6.45) is 0.976. The fourth-order valence-electron chi connectivity index (χ4n) is 0.880. The zero-order valence-electron chi connectivity index (χ0n) is 7.29. The monoisotopic (exact) mass is 184 g/mol. The predicted octanol–water partition coefficient (Wildman–Crippen LogP) is 2.49. The summed E-state index contributed by atoms with van der Waals surface area (Å²) in [5.74, 6) is -0.206. The number of ether oxygens (including phenoxy) is 1. The second kappa shape index (κ2) is 4.26. The summed E-state index contributed by atoms with van der Waals surface area (Å²) in [4.78, 5) is 13.1. The average Bonchev–Trinajstić information content (AvgIpc) is 2.52. The third-order valence-electron chi connectivity index (χ3n) is 1.49. The minimum absolute atomic E-state index is 0.206. The van der Waals surface area contributed by atoms with Crippen molar-refractivity contribution >= 4 is 17.3 Å². The van der Waals surface area contributed by atoms with Crippen LogP contribution in [0.4, 0.5) is 0 Å². The van der Waals surface area contributed by atoms with E-state index in [2.05, 4.69) is 6.92 Å². The Bertz CT molecular complexity index is 265. The van der Waals surface area contributed by atoms with Gasteiger partial charge in [-0.15, -0.1) is 11.3 Å². The van der Waals surface area contributed by atoms with Crippen molar-refractivity contribution in [1.82, 2.24) is 0 Å². The second-order valence-electron chi connectivity index (χ2n) is 2.34. The fourth-order valence-corrected chi connectivity index (χ4v) is 1.72. The smallest absolute Gasteiger partial charge is 0.348 e. The van der Waals surface area contributed by atoms with Gasteiger partial charge >= 0.3 is 5.97 Å². The molecule has 12 heavy (non-hydrogen) atoms. The minimum atomic E-state index is -0.206. The van der Waals surface area contributed by atoms with Crippen LogP contribution < -0.4 is 0 Å². The lowest BCUT2D eigenvalue weighted by Crippen LogP contribution is -2.01. The minimum Gasteiger partial charge on any atom is -0.462 e. The summed E-state index contributed by atoms with van der Waals surface area (Å²) in [6.45, 7) is 4.32. The highest BCUT2D eigenvalue weighted by molar-refractivity contribution is 7.13. The van der Waals surface area contributed by atoms with Crippen LogP contribution in [0.15, 0.2) is 12.1 Å². The molecule has 0 amide bonds. The van der Waals surface area contributed by atoms with E-state index in [1.807, 2.05) is 19.1 Å². The number of aryl methyl sites for hydroxylation is 1. The van der Waals surface area contributed by atoms with Crippen molar-refractivity contribution in [2.45, 2.75) is 20.3 Å². The van der Waals surface area contributed by atoms with Crippen LogP contribution in [-0.2, 0) is 11.2 Å². The number of esters is 1. The summed E-state index contributed by atoms with van der Waals surface area (Å²) >= 11 is 1.51. The summed E-state index contributed by atoms with van der Waals surface area (Å²) in [5.41, 5.74) is 0. The molecule has 2 nitrogen and oxygen atoms in total. The van der Waals surface area contributed by atoms with Crippen LogP contribution in [0.1, 0.15) is 28.4 Å². The third-order valence-corrected chi connectivity index (χ3v) is 2.70. The van der Waals surface area contributed by atoms with Gasteiger partial charge in [-0.3, -0.25) is 0 Å². The van der Waals surface area contributed by atoms with Gasteiger partial charge in [0.15, 0.2) is 0 Å². The van der Waals surface area contributed by atoms with Crippen molar-refractivity contribution < 1.29 is 9.53 Å². The molecule has 0 saturated heterocycles. The van der Waals surface area contributed by atoms with Gasteiger partial charge in [0.25, 0.3) is 0 Å². The van der Waals surface area contributed by atoms with E-state index in [1.54, 1.807) is 0 Å². The predicted molar refractivity (Wildman–Crippen MR) is 49.7 cm³/mol. The SMILES string of the molecule is CCOC(=O)c1ccc(CC)s1. The third kappa shape index (κ3) is 2.08. The standard InChI is InChI=1S/C9H12O2S/c1-3-7-5-6-8(12-7)9(10)11-4-2/h5-6H,3-4H2,1-2H3. The van der Waals surface area contributed by atoms with E-state index in [0.29, 0.717) is 11.5 Å². The van der Waals surface area contributed by atoms with Crippen molar-refractivity contribution in [1.29, 1.82) is 0 Å². The first kappa shape index (κ1) is 9.26. The summed E-state index contributed by atoms with van der Waals surface area (Å²) in [5, 5.41) is 0. The van der Waals surface area contributed by atoms with Crippen LogP contribution in [0.5, 0.6) is 0 Å². The largest absolute Gasteiger partial charge is 0.462 e. The molecule has 0 atom stereocenters. The van der Waals surface area contributed by atoms with Gasteiger partial charge in [-0.25, -0.2) is 4.79 Å². The highest BCUT2D eigenvalue weighted by Gasteiger charge is 2.08. The molecule has 3 heteroatoms. The van der Waals surface area contributed by atoms with Crippen LogP contribution in [0.2, 0.25) is 0 Å². The molecular weight excluding hydrogens is 172 g/mol. The quantitative estimate of drug-likeness (QED) is 0.674. The van der Waals surface area contributed by atoms with E-state index in [-0.39, 0.29) is 5.97 Å². The molecule has 66 valence electrons. The van der Waals surface area contributed by atoms with Crippen molar-refractivity contribution in [2.75, 3.05) is 6.61 Å². The maximum Gasteiger partial charge on any atom is 0.348 e. The maximum absolute atomic E-state index is 11.2. The average molecular weight is 184 g/mol. The van der Waals surface area contributed by atoms with Crippen LogP contribution in [0.3, 0.4) is 0 Å². The Kier molecular flexibility index (Phi) is 3.29. The van der Waals surface area contributed by atoms with Gasteiger partial charge in [0, 0.05) is 4.88 Å². The molecule has 1 heterocycles. The fraction of sp³-hybridized carbons (Fsp3) is 0.444. The first-order valence-electron chi connectivity index (χ1n) is 4.03. The van der Waals surface area contributed by atoms with Crippen LogP contribution in [-0.4, -0.2) is 12.6 Å². The van der Waals surface area contributed by atoms with E-state index >= 15 is 0 Å². The molecule has 0 spiro atoms. The Morgan fingerprint density at radius 1 is 1.50 bits per heavy atom. The molecule has 0 radical (unpaired) electrons. The highest BCUT2D eigenvalue weighted by atomic mass is 32.1. The van der Waals surface area contributed by atoms with Gasteiger partial charge in [-0.05, 0) is 25.5 Å². The zero-order valence-corrected chi connectivity index (χ0v) is 8.11. The molecule has 0 bridgehead atoms. The maximum atomic E-state index is 11.2. The first-order chi connectivity index (χ1) is 5.77. The Morgan fingerprint density at radius 2 is 2.25 bits per heavy atom. The summed E-state index contributed by atoms with van der Waals surface area (Å²) < 4.78 is 4.86. The van der Waals surface area contributed by atoms with Crippen molar-refractivity contribution in [2.24, 2.45) is 0 Å². The number of hydrogen-bond donors (Lipinski definition) is 0. The van der Waals surface area contributed by atoms with Gasteiger partial charge in [0.05, 0.1) is 6.61 Å². The normalized spacial score (nSPS) is 9.83.